The van der Waals surface area contributed by atoms with Gasteiger partial charge in [0.25, 0.3) is 0 Å². The fourth-order valence-electron chi connectivity index (χ4n) is 2.53. The minimum atomic E-state index is -0.0841. The number of hydrogen-bond acceptors (Lipinski definition) is 7. The van der Waals surface area contributed by atoms with Crippen molar-refractivity contribution in [3.63, 3.8) is 0 Å². The van der Waals surface area contributed by atoms with Crippen LogP contribution in [0.5, 0.6) is 0 Å². The third-order valence-corrected chi connectivity index (χ3v) is 6.87. The summed E-state index contributed by atoms with van der Waals surface area (Å²) in [5.41, 5.74) is 2.56. The summed E-state index contributed by atoms with van der Waals surface area (Å²) in [5.74, 6) is 0.166. The number of carbonyl (C=O) groups is 1. The Hall–Kier alpha value is -2.55. The largest absolute Gasteiger partial charge is 0.325 e. The molecule has 1 N–H and O–H groups in total. The van der Waals surface area contributed by atoms with Crippen LogP contribution < -0.4 is 5.32 Å². The highest BCUT2D eigenvalue weighted by Crippen LogP contribution is 2.36. The molecule has 0 fully saturated rings. The van der Waals surface area contributed by atoms with Gasteiger partial charge in [-0.1, -0.05) is 36.0 Å². The maximum atomic E-state index is 12.1. The van der Waals surface area contributed by atoms with Gasteiger partial charge >= 0.3 is 0 Å². The SMILES string of the molecule is Cc1nc(-c2cccs2)sc1-c1ccnc(SCC(=O)Nc2ccccc2)n1. The van der Waals surface area contributed by atoms with Gasteiger partial charge in [-0.25, -0.2) is 15.0 Å². The summed E-state index contributed by atoms with van der Waals surface area (Å²) in [6, 6.07) is 15.4. The predicted octanol–water partition coefficient (Wildman–Crippen LogP) is 5.37. The lowest BCUT2D eigenvalue weighted by Gasteiger charge is -2.05. The quantitative estimate of drug-likeness (QED) is 0.333. The maximum Gasteiger partial charge on any atom is 0.234 e. The van der Waals surface area contributed by atoms with Gasteiger partial charge in [0.2, 0.25) is 5.91 Å². The van der Waals surface area contributed by atoms with E-state index in [1.165, 1.54) is 11.8 Å². The molecule has 140 valence electrons. The van der Waals surface area contributed by atoms with Crippen molar-refractivity contribution in [2.24, 2.45) is 0 Å². The average molecular weight is 425 g/mol. The average Bonchev–Trinajstić information content (AvgIpc) is 3.37. The van der Waals surface area contributed by atoms with E-state index in [4.69, 9.17) is 0 Å². The molecule has 5 nitrogen and oxygen atoms in total. The molecule has 1 aromatic carbocycles. The van der Waals surface area contributed by atoms with Crippen molar-refractivity contribution >= 4 is 46.0 Å². The zero-order chi connectivity index (χ0) is 19.3. The first-order chi connectivity index (χ1) is 13.7. The van der Waals surface area contributed by atoms with E-state index in [1.807, 2.05) is 54.8 Å². The number of rotatable bonds is 6. The van der Waals surface area contributed by atoms with Crippen molar-refractivity contribution in [3.05, 3.63) is 65.8 Å². The summed E-state index contributed by atoms with van der Waals surface area (Å²) in [6.45, 7) is 1.99. The minimum absolute atomic E-state index is 0.0841. The topological polar surface area (TPSA) is 67.8 Å². The number of para-hydroxylation sites is 1. The van der Waals surface area contributed by atoms with E-state index in [-0.39, 0.29) is 11.7 Å². The number of aromatic nitrogens is 3. The number of benzene rings is 1. The van der Waals surface area contributed by atoms with Crippen LogP contribution in [-0.4, -0.2) is 26.6 Å². The van der Waals surface area contributed by atoms with Crippen molar-refractivity contribution in [2.45, 2.75) is 12.1 Å². The molecule has 4 rings (SSSR count). The number of nitrogens with zero attached hydrogens (tertiary/aromatic N) is 3. The Kier molecular flexibility index (Phi) is 5.80. The van der Waals surface area contributed by atoms with Gasteiger partial charge in [0.15, 0.2) is 5.16 Å². The van der Waals surface area contributed by atoms with Crippen molar-refractivity contribution in [2.75, 3.05) is 11.1 Å². The summed E-state index contributed by atoms with van der Waals surface area (Å²) < 4.78 is 0. The van der Waals surface area contributed by atoms with E-state index in [0.29, 0.717) is 5.16 Å². The second-order valence-electron chi connectivity index (χ2n) is 5.84. The fourth-order valence-corrected chi connectivity index (χ4v) is 4.99. The first-order valence-corrected chi connectivity index (χ1v) is 11.2. The van der Waals surface area contributed by atoms with Crippen LogP contribution in [0.4, 0.5) is 5.69 Å². The predicted molar refractivity (Wildman–Crippen MR) is 117 cm³/mol. The van der Waals surface area contributed by atoms with Crippen LogP contribution in [-0.2, 0) is 4.79 Å². The number of aryl methyl sites for hydroxylation is 1. The first kappa shape index (κ1) is 18.8. The third-order valence-electron chi connectivity index (χ3n) is 3.78. The molecule has 0 unspecified atom stereocenters. The van der Waals surface area contributed by atoms with Crippen molar-refractivity contribution in [1.29, 1.82) is 0 Å². The number of carbonyl (C=O) groups excluding carboxylic acids is 1. The molecule has 0 aliphatic carbocycles. The van der Waals surface area contributed by atoms with Crippen LogP contribution in [0.25, 0.3) is 20.5 Å². The summed E-state index contributed by atoms with van der Waals surface area (Å²) in [6.07, 6.45) is 1.73. The van der Waals surface area contributed by atoms with Gasteiger partial charge in [-0.15, -0.1) is 22.7 Å². The minimum Gasteiger partial charge on any atom is -0.325 e. The van der Waals surface area contributed by atoms with Crippen molar-refractivity contribution in [1.82, 2.24) is 15.0 Å². The van der Waals surface area contributed by atoms with Gasteiger partial charge in [-0.3, -0.25) is 4.79 Å². The summed E-state index contributed by atoms with van der Waals surface area (Å²) in [7, 11) is 0. The van der Waals surface area contributed by atoms with Crippen LogP contribution in [0.3, 0.4) is 0 Å². The number of hydrogen-bond donors (Lipinski definition) is 1. The lowest BCUT2D eigenvalue weighted by atomic mass is 10.3. The molecule has 4 aromatic rings. The lowest BCUT2D eigenvalue weighted by molar-refractivity contribution is -0.113. The monoisotopic (exact) mass is 424 g/mol. The standard InChI is InChI=1S/C20H16N4OS3/c1-13-18(28-19(22-13)16-8-5-11-26-16)15-9-10-21-20(24-15)27-12-17(25)23-14-6-3-2-4-7-14/h2-11H,12H2,1H3,(H,23,25). The van der Waals surface area contributed by atoms with Gasteiger partial charge in [0.05, 0.1) is 26.9 Å². The molecule has 8 heteroatoms. The Labute approximate surface area is 174 Å². The van der Waals surface area contributed by atoms with E-state index < -0.39 is 0 Å². The molecule has 0 aliphatic rings. The zero-order valence-electron chi connectivity index (χ0n) is 15.0. The Balaban J connectivity index is 1.45. The van der Waals surface area contributed by atoms with Gasteiger partial charge in [0, 0.05) is 11.9 Å². The van der Waals surface area contributed by atoms with E-state index in [2.05, 4.69) is 26.3 Å². The number of thiophene rings is 1. The molecule has 0 bridgehead atoms. The van der Waals surface area contributed by atoms with Crippen LogP contribution in [0.1, 0.15) is 5.69 Å². The van der Waals surface area contributed by atoms with E-state index in [1.54, 1.807) is 28.9 Å². The van der Waals surface area contributed by atoms with Gasteiger partial charge in [-0.2, -0.15) is 0 Å². The molecule has 0 spiro atoms. The van der Waals surface area contributed by atoms with Crippen molar-refractivity contribution < 1.29 is 4.79 Å². The summed E-state index contributed by atoms with van der Waals surface area (Å²) in [4.78, 5) is 27.9. The Morgan fingerprint density at radius 1 is 1.11 bits per heavy atom. The second-order valence-corrected chi connectivity index (χ2v) is 8.73. The molecule has 3 aromatic heterocycles. The van der Waals surface area contributed by atoms with Crippen LogP contribution in [0.2, 0.25) is 0 Å². The molecule has 1 amide bonds. The fraction of sp³-hybridized carbons (Fsp3) is 0.100. The summed E-state index contributed by atoms with van der Waals surface area (Å²) >= 11 is 4.62. The number of nitrogens with one attached hydrogen (secondary N) is 1. The van der Waals surface area contributed by atoms with Crippen LogP contribution >= 0.6 is 34.4 Å². The normalized spacial score (nSPS) is 10.8. The first-order valence-electron chi connectivity index (χ1n) is 8.51. The molecule has 0 radical (unpaired) electrons. The number of thiazole rings is 1. The smallest absolute Gasteiger partial charge is 0.234 e. The molecule has 0 aliphatic heterocycles. The van der Waals surface area contributed by atoms with Crippen LogP contribution in [0, 0.1) is 6.92 Å². The zero-order valence-corrected chi connectivity index (χ0v) is 17.4. The lowest BCUT2D eigenvalue weighted by Crippen LogP contribution is -2.14. The van der Waals surface area contributed by atoms with E-state index in [9.17, 15) is 4.79 Å². The van der Waals surface area contributed by atoms with E-state index in [0.717, 1.165) is 31.8 Å². The highest BCUT2D eigenvalue weighted by molar-refractivity contribution is 7.99. The maximum absolute atomic E-state index is 12.1. The molecular weight excluding hydrogens is 408 g/mol. The molecule has 0 saturated carbocycles. The molecule has 0 saturated heterocycles. The number of thioether (sulfide) groups is 1. The highest BCUT2D eigenvalue weighted by Gasteiger charge is 2.14. The number of amides is 1. The van der Waals surface area contributed by atoms with Crippen LogP contribution in [0.15, 0.2) is 65.3 Å². The number of anilines is 1. The highest BCUT2D eigenvalue weighted by atomic mass is 32.2. The van der Waals surface area contributed by atoms with Crippen molar-refractivity contribution in [3.8, 4) is 20.5 Å². The second kappa shape index (κ2) is 8.64. The Morgan fingerprint density at radius 3 is 2.75 bits per heavy atom. The molecular formula is C20H16N4OS3. The third kappa shape index (κ3) is 4.46. The van der Waals surface area contributed by atoms with Gasteiger partial charge in [0.1, 0.15) is 5.01 Å². The molecule has 0 atom stereocenters. The molecule has 3 heterocycles. The molecule has 28 heavy (non-hydrogen) atoms. The van der Waals surface area contributed by atoms with Gasteiger partial charge < -0.3 is 5.32 Å². The van der Waals surface area contributed by atoms with E-state index >= 15 is 0 Å². The summed E-state index contributed by atoms with van der Waals surface area (Å²) in [5, 5.41) is 6.48. The Morgan fingerprint density at radius 2 is 1.96 bits per heavy atom. The Bertz CT molecular complexity index is 1080. The van der Waals surface area contributed by atoms with Gasteiger partial charge in [-0.05, 0) is 36.6 Å².